The second-order valence-corrected chi connectivity index (χ2v) is 4.73. The first kappa shape index (κ1) is 15.6. The minimum absolute atomic E-state index is 0.0282. The van der Waals surface area contributed by atoms with Gasteiger partial charge in [-0.2, -0.15) is 0 Å². The number of carbonyl (C=O) groups is 1. The van der Waals surface area contributed by atoms with Gasteiger partial charge in [0.1, 0.15) is 4.99 Å². The fourth-order valence-electron chi connectivity index (χ4n) is 1.63. The van der Waals surface area contributed by atoms with Crippen molar-refractivity contribution in [3.63, 3.8) is 0 Å². The minimum atomic E-state index is 0.0282. The molecule has 0 aliphatic rings. The number of methoxy groups -OCH3 is 1. The maximum Gasteiger partial charge on any atom is 0.224 e. The van der Waals surface area contributed by atoms with Gasteiger partial charge in [0.05, 0.1) is 6.42 Å². The fourth-order valence-corrected chi connectivity index (χ4v) is 1.77. The molecular formula is C14H20N2O2S. The van der Waals surface area contributed by atoms with Gasteiger partial charge in [-0.3, -0.25) is 4.79 Å². The number of carbonyl (C=O) groups excluding carboxylic acids is 1. The molecule has 0 aliphatic carbocycles. The summed E-state index contributed by atoms with van der Waals surface area (Å²) in [6.07, 6.45) is 2.27. The van der Waals surface area contributed by atoms with Crippen molar-refractivity contribution in [2.24, 2.45) is 5.73 Å². The fraction of sp³-hybridized carbons (Fsp3) is 0.429. The summed E-state index contributed by atoms with van der Waals surface area (Å²) in [4.78, 5) is 12.0. The van der Waals surface area contributed by atoms with Crippen LogP contribution in [0.15, 0.2) is 24.3 Å². The van der Waals surface area contributed by atoms with Crippen LogP contribution < -0.4 is 11.1 Å². The molecule has 104 valence electrons. The lowest BCUT2D eigenvalue weighted by atomic mass is 10.1. The van der Waals surface area contributed by atoms with Gasteiger partial charge in [0.25, 0.3) is 0 Å². The van der Waals surface area contributed by atoms with E-state index in [2.05, 4.69) is 5.32 Å². The summed E-state index contributed by atoms with van der Waals surface area (Å²) >= 11 is 4.87. The number of nitrogens with one attached hydrogen (secondary N) is 1. The molecule has 0 heterocycles. The summed E-state index contributed by atoms with van der Waals surface area (Å²) in [6, 6.07) is 7.42. The predicted octanol–water partition coefficient (Wildman–Crippen LogP) is 1.41. The number of unbranched alkanes of at least 4 members (excludes halogenated alkanes) is 1. The van der Waals surface area contributed by atoms with E-state index in [1.807, 2.05) is 24.3 Å². The largest absolute Gasteiger partial charge is 0.389 e. The molecule has 1 amide bonds. The monoisotopic (exact) mass is 280 g/mol. The van der Waals surface area contributed by atoms with E-state index in [1.165, 1.54) is 0 Å². The average Bonchev–Trinajstić information content (AvgIpc) is 2.39. The third-order valence-electron chi connectivity index (χ3n) is 2.70. The van der Waals surface area contributed by atoms with Crippen molar-refractivity contribution < 1.29 is 9.53 Å². The number of nitrogens with two attached hydrogens (primary N) is 1. The molecule has 0 spiro atoms. The highest BCUT2D eigenvalue weighted by molar-refractivity contribution is 7.80. The molecule has 5 heteroatoms. The highest BCUT2D eigenvalue weighted by Gasteiger charge is 2.03. The van der Waals surface area contributed by atoms with Gasteiger partial charge in [0, 0.05) is 25.8 Å². The quantitative estimate of drug-likeness (QED) is 0.558. The van der Waals surface area contributed by atoms with Gasteiger partial charge in [-0.25, -0.2) is 0 Å². The molecule has 1 aromatic carbocycles. The lowest BCUT2D eigenvalue weighted by Gasteiger charge is -2.06. The molecule has 0 atom stereocenters. The average molecular weight is 280 g/mol. The molecule has 4 nitrogen and oxygen atoms in total. The van der Waals surface area contributed by atoms with E-state index in [0.717, 1.165) is 30.6 Å². The number of benzene rings is 1. The standard InChI is InChI=1S/C14H20N2O2S/c1-18-9-3-2-8-16-13(17)10-11-4-6-12(7-5-11)14(15)19/h4-7H,2-3,8-10H2,1H3,(H2,15,19)(H,16,17). The molecule has 0 saturated carbocycles. The van der Waals surface area contributed by atoms with E-state index in [-0.39, 0.29) is 5.91 Å². The number of amides is 1. The topological polar surface area (TPSA) is 64.3 Å². The maximum atomic E-state index is 11.7. The third kappa shape index (κ3) is 6.31. The molecule has 0 aliphatic heterocycles. The molecule has 0 aromatic heterocycles. The van der Waals surface area contributed by atoms with E-state index in [0.29, 0.717) is 18.0 Å². The summed E-state index contributed by atoms with van der Waals surface area (Å²) in [5.74, 6) is 0.0282. The zero-order valence-corrected chi connectivity index (χ0v) is 12.0. The summed E-state index contributed by atoms with van der Waals surface area (Å²) in [5, 5.41) is 2.88. The van der Waals surface area contributed by atoms with Gasteiger partial charge in [0.2, 0.25) is 5.91 Å². The normalized spacial score (nSPS) is 10.2. The molecule has 0 saturated heterocycles. The number of ether oxygens (including phenoxy) is 1. The predicted molar refractivity (Wildman–Crippen MR) is 80.2 cm³/mol. The molecular weight excluding hydrogens is 260 g/mol. The van der Waals surface area contributed by atoms with Gasteiger partial charge in [0.15, 0.2) is 0 Å². The maximum absolute atomic E-state index is 11.7. The Morgan fingerprint density at radius 1 is 1.32 bits per heavy atom. The molecule has 1 aromatic rings. The third-order valence-corrected chi connectivity index (χ3v) is 2.94. The van der Waals surface area contributed by atoms with Crippen LogP contribution in [0.3, 0.4) is 0 Å². The van der Waals surface area contributed by atoms with Crippen molar-refractivity contribution in [2.45, 2.75) is 19.3 Å². The Hall–Kier alpha value is -1.46. The van der Waals surface area contributed by atoms with Gasteiger partial charge in [-0.05, 0) is 18.4 Å². The lowest BCUT2D eigenvalue weighted by molar-refractivity contribution is -0.120. The summed E-state index contributed by atoms with van der Waals surface area (Å²) < 4.78 is 4.94. The van der Waals surface area contributed by atoms with Gasteiger partial charge in [-0.15, -0.1) is 0 Å². The highest BCUT2D eigenvalue weighted by atomic mass is 32.1. The minimum Gasteiger partial charge on any atom is -0.389 e. The van der Waals surface area contributed by atoms with E-state index < -0.39 is 0 Å². The van der Waals surface area contributed by atoms with E-state index >= 15 is 0 Å². The second-order valence-electron chi connectivity index (χ2n) is 4.29. The summed E-state index contributed by atoms with van der Waals surface area (Å²) in [5.41, 5.74) is 7.28. The Morgan fingerprint density at radius 2 is 2.00 bits per heavy atom. The van der Waals surface area contributed by atoms with Crippen molar-refractivity contribution in [3.8, 4) is 0 Å². The summed E-state index contributed by atoms with van der Waals surface area (Å²) in [7, 11) is 1.68. The SMILES string of the molecule is COCCCCNC(=O)Cc1ccc(C(N)=S)cc1. The van der Waals surface area contributed by atoms with Crippen LogP contribution in [0.4, 0.5) is 0 Å². The number of hydrogen-bond acceptors (Lipinski definition) is 3. The Bertz CT molecular complexity index is 418. The smallest absolute Gasteiger partial charge is 0.224 e. The van der Waals surface area contributed by atoms with E-state index in [4.69, 9.17) is 22.7 Å². The van der Waals surface area contributed by atoms with Crippen molar-refractivity contribution in [2.75, 3.05) is 20.3 Å². The summed E-state index contributed by atoms with van der Waals surface area (Å²) in [6.45, 7) is 1.42. The van der Waals surface area contributed by atoms with Crippen molar-refractivity contribution in [1.82, 2.24) is 5.32 Å². The Balaban J connectivity index is 2.30. The zero-order valence-electron chi connectivity index (χ0n) is 11.1. The van der Waals surface area contributed by atoms with Gasteiger partial charge < -0.3 is 15.8 Å². The van der Waals surface area contributed by atoms with Crippen LogP contribution in [0.1, 0.15) is 24.0 Å². The van der Waals surface area contributed by atoms with Crippen LogP contribution in [0.5, 0.6) is 0 Å². The number of thiocarbonyl (C=S) groups is 1. The molecule has 1 rings (SSSR count). The van der Waals surface area contributed by atoms with Crippen molar-refractivity contribution >= 4 is 23.1 Å². The molecule has 0 fully saturated rings. The zero-order chi connectivity index (χ0) is 14.1. The Labute approximate surface area is 119 Å². The molecule has 3 N–H and O–H groups in total. The number of hydrogen-bond donors (Lipinski definition) is 2. The molecule has 0 radical (unpaired) electrons. The van der Waals surface area contributed by atoms with Crippen LogP contribution in [0, 0.1) is 0 Å². The first-order valence-electron chi connectivity index (χ1n) is 6.28. The van der Waals surface area contributed by atoms with Crippen molar-refractivity contribution in [3.05, 3.63) is 35.4 Å². The van der Waals surface area contributed by atoms with Crippen molar-refractivity contribution in [1.29, 1.82) is 0 Å². The molecule has 0 unspecified atom stereocenters. The van der Waals surface area contributed by atoms with E-state index in [1.54, 1.807) is 7.11 Å². The first-order chi connectivity index (χ1) is 9.13. The van der Waals surface area contributed by atoms with Crippen LogP contribution in [-0.2, 0) is 16.0 Å². The van der Waals surface area contributed by atoms with Crippen LogP contribution in [0.2, 0.25) is 0 Å². The van der Waals surface area contributed by atoms with Gasteiger partial charge >= 0.3 is 0 Å². The van der Waals surface area contributed by atoms with Gasteiger partial charge in [-0.1, -0.05) is 36.5 Å². The molecule has 0 bridgehead atoms. The molecule has 19 heavy (non-hydrogen) atoms. The van der Waals surface area contributed by atoms with Crippen LogP contribution in [-0.4, -0.2) is 31.2 Å². The number of rotatable bonds is 8. The lowest BCUT2D eigenvalue weighted by Crippen LogP contribution is -2.26. The first-order valence-corrected chi connectivity index (χ1v) is 6.68. The van der Waals surface area contributed by atoms with E-state index in [9.17, 15) is 4.79 Å². The Morgan fingerprint density at radius 3 is 2.58 bits per heavy atom. The van der Waals surface area contributed by atoms with Crippen LogP contribution in [0.25, 0.3) is 0 Å². The highest BCUT2D eigenvalue weighted by Crippen LogP contribution is 2.05. The van der Waals surface area contributed by atoms with Crippen LogP contribution >= 0.6 is 12.2 Å². The Kier molecular flexibility index (Phi) is 7.07. The second kappa shape index (κ2) is 8.61.